The Morgan fingerprint density at radius 2 is 1.96 bits per heavy atom. The molecule has 1 aromatic rings. The molecule has 1 atom stereocenters. The predicted molar refractivity (Wildman–Crippen MR) is 88.3 cm³/mol. The molecule has 1 heterocycles. The number of nitro benzene ring substituents is 1. The van der Waals surface area contributed by atoms with E-state index < -0.39 is 10.8 Å². The number of allylic oxidation sites excluding steroid dienone is 2. The number of benzene rings is 1. The number of carbonyl (C=O) groups is 2. The predicted octanol–water partition coefficient (Wildman–Crippen LogP) is 3.18. The highest BCUT2D eigenvalue weighted by molar-refractivity contribution is 6.02. The smallest absolute Gasteiger partial charge is 0.269 e. The van der Waals surface area contributed by atoms with Gasteiger partial charge in [-0.1, -0.05) is 26.0 Å². The maximum Gasteiger partial charge on any atom is 0.269 e. The van der Waals surface area contributed by atoms with Crippen LogP contribution in [0.2, 0.25) is 0 Å². The zero-order valence-corrected chi connectivity index (χ0v) is 14.0. The summed E-state index contributed by atoms with van der Waals surface area (Å²) in [5.74, 6) is -0.417. The van der Waals surface area contributed by atoms with Gasteiger partial charge in [-0.25, -0.2) is 0 Å². The SMILES string of the molecule is CN1C(=O)C[C@H](c2cccc([N+](=O)[O-])c2)C2=C1CC(C)(C)CC2=O. The first-order valence-corrected chi connectivity index (χ1v) is 7.97. The summed E-state index contributed by atoms with van der Waals surface area (Å²) < 4.78 is 0. The van der Waals surface area contributed by atoms with Gasteiger partial charge in [-0.2, -0.15) is 0 Å². The highest BCUT2D eigenvalue weighted by atomic mass is 16.6. The quantitative estimate of drug-likeness (QED) is 0.617. The molecule has 6 heteroatoms. The molecule has 2 aliphatic rings. The Hall–Kier alpha value is -2.50. The molecule has 0 N–H and O–H groups in total. The average molecular weight is 328 g/mol. The van der Waals surface area contributed by atoms with Crippen LogP contribution in [0.15, 0.2) is 35.5 Å². The molecular weight excluding hydrogens is 308 g/mol. The fourth-order valence-electron chi connectivity index (χ4n) is 3.70. The van der Waals surface area contributed by atoms with Gasteiger partial charge in [-0.05, 0) is 17.4 Å². The Kier molecular flexibility index (Phi) is 3.78. The van der Waals surface area contributed by atoms with Crippen LogP contribution in [-0.2, 0) is 9.59 Å². The summed E-state index contributed by atoms with van der Waals surface area (Å²) in [7, 11) is 1.70. The van der Waals surface area contributed by atoms with E-state index in [2.05, 4.69) is 0 Å². The highest BCUT2D eigenvalue weighted by Crippen LogP contribution is 2.46. The molecule has 0 radical (unpaired) electrons. The largest absolute Gasteiger partial charge is 0.319 e. The number of rotatable bonds is 2. The Bertz CT molecular complexity index is 779. The van der Waals surface area contributed by atoms with Gasteiger partial charge in [0.2, 0.25) is 5.91 Å². The van der Waals surface area contributed by atoms with E-state index in [9.17, 15) is 19.7 Å². The fraction of sp³-hybridized carbons (Fsp3) is 0.444. The summed E-state index contributed by atoms with van der Waals surface area (Å²) in [6.45, 7) is 4.04. The molecule has 126 valence electrons. The van der Waals surface area contributed by atoms with Crippen molar-refractivity contribution in [3.63, 3.8) is 0 Å². The van der Waals surface area contributed by atoms with E-state index >= 15 is 0 Å². The van der Waals surface area contributed by atoms with Gasteiger partial charge < -0.3 is 4.90 Å². The van der Waals surface area contributed by atoms with Crippen molar-refractivity contribution in [1.29, 1.82) is 0 Å². The van der Waals surface area contributed by atoms with Crippen LogP contribution in [0.4, 0.5) is 5.69 Å². The number of hydrogen-bond donors (Lipinski definition) is 0. The van der Waals surface area contributed by atoms with Gasteiger partial charge in [0.25, 0.3) is 5.69 Å². The van der Waals surface area contributed by atoms with Crippen molar-refractivity contribution in [3.8, 4) is 0 Å². The van der Waals surface area contributed by atoms with Crippen LogP contribution >= 0.6 is 0 Å². The normalized spacial score (nSPS) is 23.3. The second-order valence-corrected chi connectivity index (χ2v) is 7.36. The number of nitrogens with zero attached hydrogens (tertiary/aromatic N) is 2. The molecule has 0 unspecified atom stereocenters. The first-order chi connectivity index (χ1) is 11.2. The van der Waals surface area contributed by atoms with Crippen LogP contribution < -0.4 is 0 Å². The van der Waals surface area contributed by atoms with Gasteiger partial charge in [0.1, 0.15) is 0 Å². The molecule has 0 saturated heterocycles. The third-order valence-corrected chi connectivity index (χ3v) is 4.89. The van der Waals surface area contributed by atoms with Crippen molar-refractivity contribution in [2.45, 2.75) is 39.0 Å². The number of ketones is 1. The van der Waals surface area contributed by atoms with E-state index in [1.165, 1.54) is 12.1 Å². The van der Waals surface area contributed by atoms with Crippen LogP contribution in [0.3, 0.4) is 0 Å². The minimum absolute atomic E-state index is 0.0235. The Morgan fingerprint density at radius 1 is 1.25 bits per heavy atom. The first kappa shape index (κ1) is 16.4. The third kappa shape index (κ3) is 2.72. The van der Waals surface area contributed by atoms with E-state index in [4.69, 9.17) is 0 Å². The molecule has 6 nitrogen and oxygen atoms in total. The topological polar surface area (TPSA) is 80.5 Å². The maximum atomic E-state index is 12.8. The van der Waals surface area contributed by atoms with Gasteiger partial charge in [0, 0.05) is 49.2 Å². The van der Waals surface area contributed by atoms with E-state index in [0.29, 0.717) is 24.0 Å². The minimum atomic E-state index is -0.457. The van der Waals surface area contributed by atoms with E-state index in [1.54, 1.807) is 24.1 Å². The van der Waals surface area contributed by atoms with Gasteiger partial charge in [0.05, 0.1) is 4.92 Å². The first-order valence-electron chi connectivity index (χ1n) is 7.97. The number of Topliss-reactive ketones (excluding diaryl/α,β-unsaturated/α-hetero) is 1. The molecule has 0 aromatic heterocycles. The Morgan fingerprint density at radius 3 is 2.62 bits per heavy atom. The number of non-ortho nitro benzene ring substituents is 1. The summed E-state index contributed by atoms with van der Waals surface area (Å²) in [4.78, 5) is 37.3. The summed E-state index contributed by atoms with van der Waals surface area (Å²) in [5.41, 5.74) is 1.87. The monoisotopic (exact) mass is 328 g/mol. The molecule has 24 heavy (non-hydrogen) atoms. The second kappa shape index (κ2) is 5.54. The molecule has 3 rings (SSSR count). The van der Waals surface area contributed by atoms with Crippen molar-refractivity contribution in [2.75, 3.05) is 7.05 Å². The fourth-order valence-corrected chi connectivity index (χ4v) is 3.70. The van der Waals surface area contributed by atoms with Gasteiger partial charge in [-0.15, -0.1) is 0 Å². The Labute approximate surface area is 140 Å². The van der Waals surface area contributed by atoms with Gasteiger partial charge in [0.15, 0.2) is 5.78 Å². The number of amides is 1. The molecular formula is C18H20N2O4. The van der Waals surface area contributed by atoms with Crippen molar-refractivity contribution in [3.05, 3.63) is 51.2 Å². The van der Waals surface area contributed by atoms with Crippen LogP contribution in [0.1, 0.15) is 44.6 Å². The summed E-state index contributed by atoms with van der Waals surface area (Å²) >= 11 is 0. The zero-order valence-electron chi connectivity index (χ0n) is 14.0. The molecule has 0 spiro atoms. The third-order valence-electron chi connectivity index (χ3n) is 4.89. The van der Waals surface area contributed by atoms with Crippen molar-refractivity contribution < 1.29 is 14.5 Å². The summed E-state index contributed by atoms with van der Waals surface area (Å²) in [6.07, 6.45) is 1.25. The van der Waals surface area contributed by atoms with E-state index in [0.717, 1.165) is 5.70 Å². The lowest BCUT2D eigenvalue weighted by Crippen LogP contribution is -2.41. The van der Waals surface area contributed by atoms with Gasteiger partial charge >= 0.3 is 0 Å². The van der Waals surface area contributed by atoms with Crippen molar-refractivity contribution in [1.82, 2.24) is 4.90 Å². The lowest BCUT2D eigenvalue weighted by molar-refractivity contribution is -0.384. The van der Waals surface area contributed by atoms with Crippen LogP contribution in [0.5, 0.6) is 0 Å². The molecule has 1 amide bonds. The molecule has 0 bridgehead atoms. The lowest BCUT2D eigenvalue weighted by Gasteiger charge is -2.41. The van der Waals surface area contributed by atoms with Crippen LogP contribution in [0, 0.1) is 15.5 Å². The zero-order chi connectivity index (χ0) is 17.6. The molecule has 0 saturated carbocycles. The molecule has 1 aromatic carbocycles. The van der Waals surface area contributed by atoms with Crippen molar-refractivity contribution >= 4 is 17.4 Å². The van der Waals surface area contributed by atoms with Gasteiger partial charge in [-0.3, -0.25) is 19.7 Å². The van der Waals surface area contributed by atoms with Crippen LogP contribution in [0.25, 0.3) is 0 Å². The summed E-state index contributed by atoms with van der Waals surface area (Å²) in [5, 5.41) is 11.0. The average Bonchev–Trinajstić information content (AvgIpc) is 2.50. The van der Waals surface area contributed by atoms with Crippen molar-refractivity contribution in [2.24, 2.45) is 5.41 Å². The number of carbonyl (C=O) groups excluding carboxylic acids is 2. The second-order valence-electron chi connectivity index (χ2n) is 7.36. The number of hydrogen-bond acceptors (Lipinski definition) is 4. The summed E-state index contributed by atoms with van der Waals surface area (Å²) in [6, 6.07) is 6.25. The molecule has 1 aliphatic heterocycles. The minimum Gasteiger partial charge on any atom is -0.319 e. The molecule has 0 fully saturated rings. The van der Waals surface area contributed by atoms with E-state index in [-0.39, 0.29) is 29.2 Å². The van der Waals surface area contributed by atoms with E-state index in [1.807, 2.05) is 13.8 Å². The molecule has 1 aliphatic carbocycles. The van der Waals surface area contributed by atoms with Crippen LogP contribution in [-0.4, -0.2) is 28.6 Å². The Balaban J connectivity index is 2.13. The maximum absolute atomic E-state index is 12.8. The number of nitro groups is 1. The lowest BCUT2D eigenvalue weighted by atomic mass is 9.69. The standard InChI is InChI=1S/C18H20N2O4/c1-18(2)9-14-17(15(21)10-18)13(8-16(22)19(14)3)11-5-4-6-12(7-11)20(23)24/h4-7,13H,8-10H2,1-3H3/t13-/m1/s1. The highest BCUT2D eigenvalue weighted by Gasteiger charge is 2.42.